The number of nitrogens with zero attached hydrogens (tertiary/aromatic N) is 2. The molecule has 0 fully saturated rings. The van der Waals surface area contributed by atoms with E-state index in [0.717, 1.165) is 11.1 Å². The summed E-state index contributed by atoms with van der Waals surface area (Å²) in [5.41, 5.74) is 1.72. The van der Waals surface area contributed by atoms with Crippen molar-refractivity contribution in [2.75, 3.05) is 0 Å². The van der Waals surface area contributed by atoms with Gasteiger partial charge in [-0.3, -0.25) is 9.59 Å². The SMILES string of the molecule is C[C@H](NC(=O)C(=O)NCc1nc(-c2ccccc2)no1)c1ccccc1. The summed E-state index contributed by atoms with van der Waals surface area (Å²) in [6.07, 6.45) is 0. The van der Waals surface area contributed by atoms with Gasteiger partial charge in [0, 0.05) is 5.56 Å². The summed E-state index contributed by atoms with van der Waals surface area (Å²) in [6.45, 7) is 1.79. The average Bonchev–Trinajstić information content (AvgIpc) is 3.16. The lowest BCUT2D eigenvalue weighted by molar-refractivity contribution is -0.139. The molecule has 0 saturated heterocycles. The van der Waals surface area contributed by atoms with Gasteiger partial charge in [-0.2, -0.15) is 4.98 Å². The molecule has 2 N–H and O–H groups in total. The Balaban J connectivity index is 1.52. The number of aromatic nitrogens is 2. The second-order valence-corrected chi connectivity index (χ2v) is 5.67. The Morgan fingerprint density at radius 2 is 1.65 bits per heavy atom. The highest BCUT2D eigenvalue weighted by atomic mass is 16.5. The van der Waals surface area contributed by atoms with Gasteiger partial charge in [0.25, 0.3) is 0 Å². The molecule has 0 saturated carbocycles. The van der Waals surface area contributed by atoms with E-state index in [1.165, 1.54) is 0 Å². The predicted molar refractivity (Wildman–Crippen MR) is 94.6 cm³/mol. The van der Waals surface area contributed by atoms with E-state index in [1.54, 1.807) is 0 Å². The number of carbonyl (C=O) groups is 2. The van der Waals surface area contributed by atoms with Crippen molar-refractivity contribution < 1.29 is 14.1 Å². The maximum atomic E-state index is 12.0. The Morgan fingerprint density at radius 3 is 2.35 bits per heavy atom. The van der Waals surface area contributed by atoms with Gasteiger partial charge in [0.15, 0.2) is 0 Å². The Hall–Kier alpha value is -3.48. The van der Waals surface area contributed by atoms with E-state index in [2.05, 4.69) is 20.8 Å². The molecule has 1 atom stereocenters. The van der Waals surface area contributed by atoms with Crippen LogP contribution < -0.4 is 10.6 Å². The molecule has 26 heavy (non-hydrogen) atoms. The number of hydrogen-bond acceptors (Lipinski definition) is 5. The highest BCUT2D eigenvalue weighted by Crippen LogP contribution is 2.14. The summed E-state index contributed by atoms with van der Waals surface area (Å²) in [5.74, 6) is -0.825. The molecule has 0 aliphatic heterocycles. The quantitative estimate of drug-likeness (QED) is 0.688. The van der Waals surface area contributed by atoms with Gasteiger partial charge in [0.1, 0.15) is 0 Å². The topological polar surface area (TPSA) is 97.1 Å². The van der Waals surface area contributed by atoms with Gasteiger partial charge in [-0.1, -0.05) is 65.8 Å². The molecular weight excluding hydrogens is 332 g/mol. The van der Waals surface area contributed by atoms with Gasteiger partial charge in [-0.15, -0.1) is 0 Å². The fourth-order valence-electron chi connectivity index (χ4n) is 2.35. The van der Waals surface area contributed by atoms with Crippen LogP contribution in [0.3, 0.4) is 0 Å². The molecule has 0 aliphatic carbocycles. The lowest BCUT2D eigenvalue weighted by Gasteiger charge is -2.13. The van der Waals surface area contributed by atoms with Crippen LogP contribution >= 0.6 is 0 Å². The molecule has 132 valence electrons. The summed E-state index contributed by atoms with van der Waals surface area (Å²) >= 11 is 0. The zero-order valence-electron chi connectivity index (χ0n) is 14.2. The third-order valence-electron chi connectivity index (χ3n) is 3.75. The number of nitrogens with one attached hydrogen (secondary N) is 2. The predicted octanol–water partition coefficient (Wildman–Crippen LogP) is 2.23. The number of carbonyl (C=O) groups excluding carboxylic acids is 2. The average molecular weight is 350 g/mol. The normalized spacial score (nSPS) is 11.6. The van der Waals surface area contributed by atoms with Crippen LogP contribution in [0, 0.1) is 0 Å². The van der Waals surface area contributed by atoms with Crippen LogP contribution in [0.1, 0.15) is 24.4 Å². The minimum absolute atomic E-state index is 0.0220. The zero-order chi connectivity index (χ0) is 18.4. The monoisotopic (exact) mass is 350 g/mol. The van der Waals surface area contributed by atoms with Gasteiger partial charge >= 0.3 is 11.8 Å². The standard InChI is InChI=1S/C19H18N4O3/c1-13(14-8-4-2-5-9-14)21-19(25)18(24)20-12-16-22-17(23-26-16)15-10-6-3-7-11-15/h2-11,13H,12H2,1H3,(H,20,24)(H,21,25)/t13-/m0/s1. The van der Waals surface area contributed by atoms with Crippen molar-refractivity contribution in [3.63, 3.8) is 0 Å². The molecule has 7 heteroatoms. The second-order valence-electron chi connectivity index (χ2n) is 5.67. The smallest absolute Gasteiger partial charge is 0.309 e. The van der Waals surface area contributed by atoms with Crippen LogP contribution in [0.4, 0.5) is 0 Å². The number of rotatable bonds is 5. The Morgan fingerprint density at radius 1 is 1.00 bits per heavy atom. The first-order chi connectivity index (χ1) is 12.6. The van der Waals surface area contributed by atoms with E-state index in [4.69, 9.17) is 4.52 Å². The third kappa shape index (κ3) is 4.32. The Kier molecular flexibility index (Phi) is 5.38. The van der Waals surface area contributed by atoms with E-state index in [9.17, 15) is 9.59 Å². The van der Waals surface area contributed by atoms with E-state index in [-0.39, 0.29) is 18.5 Å². The number of benzene rings is 2. The molecule has 0 spiro atoms. The largest absolute Gasteiger partial charge is 0.341 e. The van der Waals surface area contributed by atoms with Crippen molar-refractivity contribution in [3.05, 3.63) is 72.1 Å². The summed E-state index contributed by atoms with van der Waals surface area (Å²) in [6, 6.07) is 18.4. The summed E-state index contributed by atoms with van der Waals surface area (Å²) in [5, 5.41) is 8.98. The summed E-state index contributed by atoms with van der Waals surface area (Å²) in [4.78, 5) is 28.1. The molecular formula is C19H18N4O3. The van der Waals surface area contributed by atoms with Crippen LogP contribution in [-0.4, -0.2) is 22.0 Å². The summed E-state index contributed by atoms with van der Waals surface area (Å²) in [7, 11) is 0. The molecule has 1 heterocycles. The van der Waals surface area contributed by atoms with Gasteiger partial charge in [0.05, 0.1) is 12.6 Å². The van der Waals surface area contributed by atoms with E-state index >= 15 is 0 Å². The minimum Gasteiger partial charge on any atom is -0.341 e. The van der Waals surface area contributed by atoms with Crippen molar-refractivity contribution in [1.82, 2.24) is 20.8 Å². The summed E-state index contributed by atoms with van der Waals surface area (Å²) < 4.78 is 5.09. The molecule has 2 aromatic carbocycles. The molecule has 3 aromatic rings. The molecule has 0 bridgehead atoms. The maximum absolute atomic E-state index is 12.0. The minimum atomic E-state index is -0.757. The van der Waals surface area contributed by atoms with E-state index in [1.807, 2.05) is 67.6 Å². The molecule has 7 nitrogen and oxygen atoms in total. The van der Waals surface area contributed by atoms with Crippen LogP contribution in [0.15, 0.2) is 65.2 Å². The molecule has 0 aliphatic rings. The fraction of sp³-hybridized carbons (Fsp3) is 0.158. The molecule has 0 unspecified atom stereocenters. The first kappa shape index (κ1) is 17.3. The van der Waals surface area contributed by atoms with Crippen molar-refractivity contribution in [1.29, 1.82) is 0 Å². The van der Waals surface area contributed by atoms with Crippen LogP contribution in [0.25, 0.3) is 11.4 Å². The lowest BCUT2D eigenvalue weighted by atomic mass is 10.1. The molecule has 1 aromatic heterocycles. The van der Waals surface area contributed by atoms with Gasteiger partial charge in [-0.25, -0.2) is 0 Å². The van der Waals surface area contributed by atoms with Crippen LogP contribution in [-0.2, 0) is 16.1 Å². The van der Waals surface area contributed by atoms with Gasteiger partial charge < -0.3 is 15.2 Å². The Bertz CT molecular complexity index is 878. The number of hydrogen-bond donors (Lipinski definition) is 2. The van der Waals surface area contributed by atoms with Crippen LogP contribution in [0.5, 0.6) is 0 Å². The van der Waals surface area contributed by atoms with E-state index in [0.29, 0.717) is 5.82 Å². The zero-order valence-corrected chi connectivity index (χ0v) is 14.2. The lowest BCUT2D eigenvalue weighted by Crippen LogP contribution is -2.40. The highest BCUT2D eigenvalue weighted by Gasteiger charge is 2.18. The fourth-order valence-corrected chi connectivity index (χ4v) is 2.35. The first-order valence-corrected chi connectivity index (χ1v) is 8.15. The van der Waals surface area contributed by atoms with Crippen molar-refractivity contribution in [2.24, 2.45) is 0 Å². The van der Waals surface area contributed by atoms with Crippen molar-refractivity contribution in [2.45, 2.75) is 19.5 Å². The second kappa shape index (κ2) is 8.06. The number of amides is 2. The first-order valence-electron chi connectivity index (χ1n) is 8.15. The van der Waals surface area contributed by atoms with Crippen LogP contribution in [0.2, 0.25) is 0 Å². The van der Waals surface area contributed by atoms with Crippen molar-refractivity contribution >= 4 is 11.8 Å². The maximum Gasteiger partial charge on any atom is 0.309 e. The molecule has 0 radical (unpaired) electrons. The molecule has 2 amide bonds. The van der Waals surface area contributed by atoms with E-state index < -0.39 is 11.8 Å². The Labute approximate surface area is 150 Å². The van der Waals surface area contributed by atoms with Gasteiger partial charge in [0.2, 0.25) is 11.7 Å². The van der Waals surface area contributed by atoms with Gasteiger partial charge in [-0.05, 0) is 12.5 Å². The highest BCUT2D eigenvalue weighted by molar-refractivity contribution is 6.35. The third-order valence-corrected chi connectivity index (χ3v) is 3.75. The van der Waals surface area contributed by atoms with Crippen molar-refractivity contribution in [3.8, 4) is 11.4 Å². The molecule has 3 rings (SSSR count).